The third-order valence-electron chi connectivity index (χ3n) is 2.07. The van der Waals surface area contributed by atoms with Crippen molar-refractivity contribution in [2.45, 2.75) is 20.4 Å². The van der Waals surface area contributed by atoms with Crippen LogP contribution in [0.5, 0.6) is 0 Å². The van der Waals surface area contributed by atoms with E-state index in [1.54, 1.807) is 0 Å². The molecule has 0 fully saturated rings. The Bertz CT molecular complexity index is 489. The van der Waals surface area contributed by atoms with Crippen LogP contribution >= 0.6 is 34.9 Å². The number of rotatable bonds is 3. The lowest BCUT2D eigenvalue weighted by Gasteiger charge is -1.97. The van der Waals surface area contributed by atoms with E-state index in [0.29, 0.717) is 3.95 Å². The highest BCUT2D eigenvalue weighted by Crippen LogP contribution is 2.22. The largest absolute Gasteiger partial charge is 0.355 e. The van der Waals surface area contributed by atoms with E-state index in [-0.39, 0.29) is 0 Å². The van der Waals surface area contributed by atoms with Gasteiger partial charge in [0, 0.05) is 9.75 Å². The molecule has 80 valence electrons. The van der Waals surface area contributed by atoms with Gasteiger partial charge in [0.1, 0.15) is 0 Å². The van der Waals surface area contributed by atoms with E-state index in [9.17, 15) is 0 Å². The van der Waals surface area contributed by atoms with Crippen LogP contribution in [0, 0.1) is 17.8 Å². The highest BCUT2D eigenvalue weighted by molar-refractivity contribution is 7.73. The molecule has 0 amide bonds. The fraction of sp³-hybridized carbons (Fsp3) is 0.333. The zero-order valence-electron chi connectivity index (χ0n) is 8.46. The van der Waals surface area contributed by atoms with Crippen molar-refractivity contribution in [2.24, 2.45) is 0 Å². The Morgan fingerprint density at radius 3 is 2.80 bits per heavy atom. The molecule has 0 radical (unpaired) electrons. The lowest BCUT2D eigenvalue weighted by molar-refractivity contribution is 1.05. The number of aryl methyl sites for hydroxylation is 2. The summed E-state index contributed by atoms with van der Waals surface area (Å²) in [7, 11) is 0. The summed E-state index contributed by atoms with van der Waals surface area (Å²) >= 11 is 8.23. The minimum atomic E-state index is 0.705. The van der Waals surface area contributed by atoms with E-state index in [4.69, 9.17) is 12.2 Å². The third-order valence-corrected chi connectivity index (χ3v) is 4.27. The summed E-state index contributed by atoms with van der Waals surface area (Å²) in [4.78, 5) is 2.70. The number of hydrogen-bond donors (Lipinski definition) is 2. The topological polar surface area (TPSA) is 40.7 Å². The highest BCUT2D eigenvalue weighted by atomic mass is 32.1. The van der Waals surface area contributed by atoms with Gasteiger partial charge in [0.2, 0.25) is 5.13 Å². The first-order valence-electron chi connectivity index (χ1n) is 4.50. The van der Waals surface area contributed by atoms with E-state index < -0.39 is 0 Å². The number of thiophene rings is 1. The van der Waals surface area contributed by atoms with Gasteiger partial charge in [-0.05, 0) is 37.7 Å². The lowest BCUT2D eigenvalue weighted by Crippen LogP contribution is -1.96. The molecule has 3 nitrogen and oxygen atoms in total. The Morgan fingerprint density at radius 2 is 2.27 bits per heavy atom. The number of nitrogens with zero attached hydrogens (tertiary/aromatic N) is 1. The normalized spacial score (nSPS) is 10.5. The molecule has 2 N–H and O–H groups in total. The molecular formula is C9H11N3S3. The summed E-state index contributed by atoms with van der Waals surface area (Å²) in [6.07, 6.45) is 0. The van der Waals surface area contributed by atoms with Gasteiger partial charge in [0.25, 0.3) is 0 Å². The van der Waals surface area contributed by atoms with Crippen molar-refractivity contribution in [3.63, 3.8) is 0 Å². The fourth-order valence-electron chi connectivity index (χ4n) is 1.21. The van der Waals surface area contributed by atoms with Gasteiger partial charge in [-0.25, -0.2) is 0 Å². The van der Waals surface area contributed by atoms with Crippen LogP contribution in [0.4, 0.5) is 5.13 Å². The summed E-state index contributed by atoms with van der Waals surface area (Å²) in [5, 5.41) is 10.9. The first-order chi connectivity index (χ1) is 7.15. The summed E-state index contributed by atoms with van der Waals surface area (Å²) in [6, 6.07) is 2.21. The van der Waals surface area contributed by atoms with Gasteiger partial charge in [-0.2, -0.15) is 0 Å². The molecule has 15 heavy (non-hydrogen) atoms. The van der Waals surface area contributed by atoms with Crippen molar-refractivity contribution in [2.75, 3.05) is 5.32 Å². The molecular weight excluding hydrogens is 246 g/mol. The molecule has 0 aromatic carbocycles. The van der Waals surface area contributed by atoms with Crippen molar-refractivity contribution in [3.05, 3.63) is 25.3 Å². The van der Waals surface area contributed by atoms with Crippen molar-refractivity contribution >= 4 is 40.0 Å². The van der Waals surface area contributed by atoms with Crippen LogP contribution < -0.4 is 5.32 Å². The number of aromatic amines is 1. The standard InChI is InChI=1S/C9H11N3S3/c1-5-3-7(14-6(5)2)4-10-8-11-12-9(13)15-8/h3H,4H2,1-2H3,(H,10,11)(H,12,13). The van der Waals surface area contributed by atoms with Gasteiger partial charge in [-0.15, -0.1) is 16.4 Å². The molecule has 2 aromatic heterocycles. The van der Waals surface area contributed by atoms with Gasteiger partial charge in [0.05, 0.1) is 6.54 Å². The number of hydrogen-bond acceptors (Lipinski definition) is 5. The minimum Gasteiger partial charge on any atom is -0.355 e. The predicted molar refractivity (Wildman–Crippen MR) is 68.4 cm³/mol. The molecule has 0 spiro atoms. The van der Waals surface area contributed by atoms with Crippen LogP contribution in [-0.4, -0.2) is 10.2 Å². The zero-order chi connectivity index (χ0) is 10.8. The second-order valence-electron chi connectivity index (χ2n) is 3.22. The number of nitrogens with one attached hydrogen (secondary N) is 2. The van der Waals surface area contributed by atoms with E-state index in [2.05, 4.69) is 35.4 Å². The molecule has 2 aromatic rings. The van der Waals surface area contributed by atoms with Crippen LogP contribution in [-0.2, 0) is 6.54 Å². The molecule has 0 saturated heterocycles. The summed E-state index contributed by atoms with van der Waals surface area (Å²) < 4.78 is 0.705. The van der Waals surface area contributed by atoms with Crippen LogP contribution in [0.1, 0.15) is 15.3 Å². The molecule has 0 unspecified atom stereocenters. The summed E-state index contributed by atoms with van der Waals surface area (Å²) in [6.45, 7) is 5.09. The van der Waals surface area contributed by atoms with E-state index in [1.165, 1.54) is 26.7 Å². The smallest absolute Gasteiger partial charge is 0.204 e. The molecule has 6 heteroatoms. The predicted octanol–water partition coefficient (Wildman–Crippen LogP) is 3.49. The van der Waals surface area contributed by atoms with E-state index >= 15 is 0 Å². The maximum atomic E-state index is 4.95. The summed E-state index contributed by atoms with van der Waals surface area (Å²) in [5.41, 5.74) is 1.35. The average molecular weight is 257 g/mol. The quantitative estimate of drug-likeness (QED) is 0.827. The number of aromatic nitrogens is 2. The Balaban J connectivity index is 2.01. The first kappa shape index (κ1) is 10.8. The molecule has 0 atom stereocenters. The van der Waals surface area contributed by atoms with Gasteiger partial charge in [-0.3, -0.25) is 5.10 Å². The Morgan fingerprint density at radius 1 is 1.47 bits per heavy atom. The van der Waals surface area contributed by atoms with Crippen molar-refractivity contribution in [1.82, 2.24) is 10.2 Å². The van der Waals surface area contributed by atoms with Gasteiger partial charge < -0.3 is 5.32 Å². The fourth-order valence-corrected chi connectivity index (χ4v) is 2.98. The van der Waals surface area contributed by atoms with Crippen LogP contribution in [0.2, 0.25) is 0 Å². The summed E-state index contributed by atoms with van der Waals surface area (Å²) in [5.74, 6) is 0. The Kier molecular flexibility index (Phi) is 3.18. The Labute approximate surface area is 101 Å². The van der Waals surface area contributed by atoms with Crippen LogP contribution in [0.15, 0.2) is 6.07 Å². The maximum Gasteiger partial charge on any atom is 0.204 e. The zero-order valence-corrected chi connectivity index (χ0v) is 10.9. The average Bonchev–Trinajstić information content (AvgIpc) is 2.72. The molecule has 0 aliphatic carbocycles. The molecule has 0 saturated carbocycles. The molecule has 0 aliphatic heterocycles. The van der Waals surface area contributed by atoms with E-state index in [1.807, 2.05) is 11.3 Å². The van der Waals surface area contributed by atoms with Crippen LogP contribution in [0.3, 0.4) is 0 Å². The van der Waals surface area contributed by atoms with Crippen molar-refractivity contribution in [1.29, 1.82) is 0 Å². The van der Waals surface area contributed by atoms with Gasteiger partial charge in [0.15, 0.2) is 3.95 Å². The van der Waals surface area contributed by atoms with Crippen molar-refractivity contribution < 1.29 is 0 Å². The number of H-pyrrole nitrogens is 1. The number of anilines is 1. The van der Waals surface area contributed by atoms with Gasteiger partial charge >= 0.3 is 0 Å². The minimum absolute atomic E-state index is 0.705. The van der Waals surface area contributed by atoms with Gasteiger partial charge in [-0.1, -0.05) is 11.3 Å². The Hall–Kier alpha value is -0.720. The SMILES string of the molecule is Cc1cc(CNc2n[nH]c(=S)s2)sc1C. The third kappa shape index (κ3) is 2.64. The molecule has 2 heterocycles. The lowest BCUT2D eigenvalue weighted by atomic mass is 10.3. The van der Waals surface area contributed by atoms with E-state index in [0.717, 1.165) is 11.7 Å². The van der Waals surface area contributed by atoms with Crippen LogP contribution in [0.25, 0.3) is 0 Å². The maximum absolute atomic E-state index is 4.95. The second-order valence-corrected chi connectivity index (χ2v) is 6.23. The first-order valence-corrected chi connectivity index (χ1v) is 6.54. The highest BCUT2D eigenvalue weighted by Gasteiger charge is 2.02. The molecule has 0 aliphatic rings. The monoisotopic (exact) mass is 257 g/mol. The second kappa shape index (κ2) is 4.42. The molecule has 0 bridgehead atoms. The van der Waals surface area contributed by atoms with Crippen molar-refractivity contribution in [3.8, 4) is 0 Å². The molecule has 2 rings (SSSR count).